The van der Waals surface area contributed by atoms with E-state index >= 15 is 0 Å². The summed E-state index contributed by atoms with van der Waals surface area (Å²) in [5.41, 5.74) is 10.6. The molecule has 33 heavy (non-hydrogen) atoms. The molecule has 5 rings (SSSR count). The van der Waals surface area contributed by atoms with Gasteiger partial charge in [0.1, 0.15) is 5.71 Å². The van der Waals surface area contributed by atoms with E-state index in [4.69, 9.17) is 5.73 Å². The number of anilines is 3. The Morgan fingerprint density at radius 2 is 1.76 bits per heavy atom. The quantitative estimate of drug-likeness (QED) is 0.557. The smallest absolute Gasteiger partial charge is 0.274 e. The van der Waals surface area contributed by atoms with Crippen molar-refractivity contribution in [2.45, 2.75) is 25.7 Å². The van der Waals surface area contributed by atoms with Gasteiger partial charge in [-0.05, 0) is 48.9 Å². The van der Waals surface area contributed by atoms with E-state index in [1.807, 2.05) is 24.3 Å². The average molecular weight is 441 g/mol. The number of carbonyl (C=O) groups excluding carboxylic acids is 2. The van der Waals surface area contributed by atoms with E-state index in [2.05, 4.69) is 30.6 Å². The monoisotopic (exact) mass is 441 g/mol. The van der Waals surface area contributed by atoms with Crippen molar-refractivity contribution in [3.8, 4) is 11.1 Å². The van der Waals surface area contributed by atoms with Gasteiger partial charge in [-0.25, -0.2) is 9.97 Å². The highest BCUT2D eigenvalue weighted by Crippen LogP contribution is 2.31. The number of pyridine rings is 1. The maximum Gasteiger partial charge on any atom is 0.274 e. The summed E-state index contributed by atoms with van der Waals surface area (Å²) < 4.78 is 0. The van der Waals surface area contributed by atoms with Gasteiger partial charge >= 0.3 is 0 Å². The molecule has 0 bridgehead atoms. The van der Waals surface area contributed by atoms with Gasteiger partial charge < -0.3 is 16.4 Å². The lowest BCUT2D eigenvalue weighted by Gasteiger charge is -2.13. The SMILES string of the molecule is Nc1ncc(NC(=O)C2=NCCCc3ccc(-c4cncc(NC(=O)C5CC5)c4)cc32)cn1. The third-order valence-corrected chi connectivity index (χ3v) is 5.67. The summed E-state index contributed by atoms with van der Waals surface area (Å²) in [4.78, 5) is 41.9. The van der Waals surface area contributed by atoms with Crippen LogP contribution in [0, 0.1) is 5.92 Å². The van der Waals surface area contributed by atoms with E-state index in [0.717, 1.165) is 47.9 Å². The molecule has 1 fully saturated rings. The maximum absolute atomic E-state index is 13.1. The first-order chi connectivity index (χ1) is 16.1. The molecule has 0 unspecified atom stereocenters. The Morgan fingerprint density at radius 1 is 0.939 bits per heavy atom. The summed E-state index contributed by atoms with van der Waals surface area (Å²) in [6.07, 6.45) is 9.88. The Kier molecular flexibility index (Phi) is 5.52. The van der Waals surface area contributed by atoms with E-state index in [-0.39, 0.29) is 23.7 Å². The lowest BCUT2D eigenvalue weighted by atomic mass is 9.95. The van der Waals surface area contributed by atoms with E-state index in [0.29, 0.717) is 23.6 Å². The standard InChI is InChI=1S/C24H23N7O2/c25-24-28-12-19(13-29-24)31-23(33)21-20-9-16(6-3-14(20)2-1-7-27-21)17-8-18(11-26-10-17)30-22(32)15-4-5-15/h3,6,8-13,15H,1-2,4-5,7H2,(H,30,32)(H,31,33)(H2,25,28,29). The van der Waals surface area contributed by atoms with Crippen LogP contribution in [-0.4, -0.2) is 39.0 Å². The molecular weight excluding hydrogens is 418 g/mol. The van der Waals surface area contributed by atoms with Gasteiger partial charge in [0.05, 0.1) is 30.0 Å². The number of amides is 2. The number of nitrogen functional groups attached to an aromatic ring is 1. The maximum atomic E-state index is 13.1. The second-order valence-corrected chi connectivity index (χ2v) is 8.22. The van der Waals surface area contributed by atoms with Crippen molar-refractivity contribution in [3.05, 3.63) is 60.2 Å². The summed E-state index contributed by atoms with van der Waals surface area (Å²) in [6, 6.07) is 7.90. The Bertz CT molecular complexity index is 1250. The molecule has 9 nitrogen and oxygen atoms in total. The molecule has 0 spiro atoms. The lowest BCUT2D eigenvalue weighted by Crippen LogP contribution is -2.25. The molecule has 0 saturated heterocycles. The van der Waals surface area contributed by atoms with Gasteiger partial charge in [-0.15, -0.1) is 0 Å². The molecule has 2 aliphatic rings. The average Bonchev–Trinajstić information content (AvgIpc) is 3.67. The van der Waals surface area contributed by atoms with Crippen LogP contribution in [-0.2, 0) is 16.0 Å². The minimum atomic E-state index is -0.327. The summed E-state index contributed by atoms with van der Waals surface area (Å²) in [5.74, 6) is -0.0373. The fourth-order valence-electron chi connectivity index (χ4n) is 3.78. The number of fused-ring (bicyclic) bond motifs is 1. The Balaban J connectivity index is 1.43. The van der Waals surface area contributed by atoms with Crippen molar-refractivity contribution in [1.29, 1.82) is 0 Å². The normalized spacial score (nSPS) is 15.1. The van der Waals surface area contributed by atoms with Crippen LogP contribution in [0.4, 0.5) is 17.3 Å². The third-order valence-electron chi connectivity index (χ3n) is 5.67. The fourth-order valence-corrected chi connectivity index (χ4v) is 3.78. The van der Waals surface area contributed by atoms with Crippen LogP contribution in [0.5, 0.6) is 0 Å². The third kappa shape index (κ3) is 4.72. The van der Waals surface area contributed by atoms with Gasteiger partial charge in [0.2, 0.25) is 11.9 Å². The van der Waals surface area contributed by atoms with Gasteiger partial charge in [0.15, 0.2) is 0 Å². The molecule has 1 aliphatic heterocycles. The summed E-state index contributed by atoms with van der Waals surface area (Å²) in [7, 11) is 0. The van der Waals surface area contributed by atoms with Crippen LogP contribution < -0.4 is 16.4 Å². The molecule has 3 heterocycles. The number of carbonyl (C=O) groups is 2. The molecule has 0 atom stereocenters. The van der Waals surface area contributed by atoms with Crippen LogP contribution in [0.15, 0.2) is 54.0 Å². The van der Waals surface area contributed by atoms with Gasteiger partial charge in [0.25, 0.3) is 5.91 Å². The zero-order valence-corrected chi connectivity index (χ0v) is 17.9. The molecule has 2 amide bonds. The highest BCUT2D eigenvalue weighted by Gasteiger charge is 2.29. The van der Waals surface area contributed by atoms with Gasteiger partial charge in [-0.1, -0.05) is 12.1 Å². The molecule has 2 aromatic heterocycles. The summed E-state index contributed by atoms with van der Waals surface area (Å²) in [5, 5.41) is 5.74. The van der Waals surface area contributed by atoms with Crippen molar-refractivity contribution >= 4 is 34.8 Å². The molecule has 4 N–H and O–H groups in total. The number of nitrogens with zero attached hydrogens (tertiary/aromatic N) is 4. The van der Waals surface area contributed by atoms with Crippen molar-refractivity contribution < 1.29 is 9.59 Å². The zero-order chi connectivity index (χ0) is 22.8. The minimum Gasteiger partial charge on any atom is -0.368 e. The molecule has 3 aromatic rings. The van der Waals surface area contributed by atoms with E-state index in [9.17, 15) is 9.59 Å². The van der Waals surface area contributed by atoms with Crippen molar-refractivity contribution in [2.75, 3.05) is 22.9 Å². The van der Waals surface area contributed by atoms with Crippen LogP contribution in [0.25, 0.3) is 11.1 Å². The van der Waals surface area contributed by atoms with E-state index < -0.39 is 0 Å². The van der Waals surface area contributed by atoms with Crippen LogP contribution >= 0.6 is 0 Å². The van der Waals surface area contributed by atoms with Gasteiger partial charge in [0, 0.05) is 29.8 Å². The number of hydrogen-bond acceptors (Lipinski definition) is 7. The highest BCUT2D eigenvalue weighted by molar-refractivity contribution is 6.49. The summed E-state index contributed by atoms with van der Waals surface area (Å²) in [6.45, 7) is 0.565. The largest absolute Gasteiger partial charge is 0.368 e. The Labute approximate surface area is 190 Å². The predicted molar refractivity (Wildman–Crippen MR) is 126 cm³/mol. The van der Waals surface area contributed by atoms with Crippen LogP contribution in [0.2, 0.25) is 0 Å². The van der Waals surface area contributed by atoms with Crippen LogP contribution in [0.1, 0.15) is 30.4 Å². The number of aryl methyl sites for hydroxylation is 1. The summed E-state index contributed by atoms with van der Waals surface area (Å²) >= 11 is 0. The number of aliphatic imine (C=N–C) groups is 1. The minimum absolute atomic E-state index is 0.0358. The topological polar surface area (TPSA) is 135 Å². The second-order valence-electron chi connectivity index (χ2n) is 8.22. The molecule has 9 heteroatoms. The van der Waals surface area contributed by atoms with E-state index in [1.165, 1.54) is 12.4 Å². The molecule has 1 aromatic carbocycles. The zero-order valence-electron chi connectivity index (χ0n) is 17.9. The van der Waals surface area contributed by atoms with Crippen molar-refractivity contribution in [2.24, 2.45) is 10.9 Å². The van der Waals surface area contributed by atoms with Crippen LogP contribution in [0.3, 0.4) is 0 Å². The van der Waals surface area contributed by atoms with E-state index in [1.54, 1.807) is 12.4 Å². The highest BCUT2D eigenvalue weighted by atomic mass is 16.2. The fraction of sp³-hybridized carbons (Fsp3) is 0.250. The Morgan fingerprint density at radius 3 is 2.55 bits per heavy atom. The Hall–Kier alpha value is -4.14. The lowest BCUT2D eigenvalue weighted by molar-refractivity contribution is -0.117. The number of aromatic nitrogens is 3. The van der Waals surface area contributed by atoms with Crippen molar-refractivity contribution in [1.82, 2.24) is 15.0 Å². The first-order valence-electron chi connectivity index (χ1n) is 10.9. The molecule has 166 valence electrons. The number of nitrogens with two attached hydrogens (primary N) is 1. The number of nitrogens with one attached hydrogen (secondary N) is 2. The molecule has 1 saturated carbocycles. The molecule has 0 radical (unpaired) electrons. The van der Waals surface area contributed by atoms with Gasteiger partial charge in [-0.3, -0.25) is 19.6 Å². The van der Waals surface area contributed by atoms with Crippen molar-refractivity contribution in [3.63, 3.8) is 0 Å². The van der Waals surface area contributed by atoms with Gasteiger partial charge in [-0.2, -0.15) is 0 Å². The second kappa shape index (κ2) is 8.78. The molecular formula is C24H23N7O2. The number of hydrogen-bond donors (Lipinski definition) is 3. The number of rotatable bonds is 5. The predicted octanol–water partition coefficient (Wildman–Crippen LogP) is 2.84. The first kappa shape index (κ1) is 20.7. The number of benzene rings is 1. The molecule has 1 aliphatic carbocycles. The first-order valence-corrected chi connectivity index (χ1v) is 10.9.